The third kappa shape index (κ3) is 3.21. The summed E-state index contributed by atoms with van der Waals surface area (Å²) in [4.78, 5) is 0. The molecule has 0 unspecified atom stereocenters. The highest BCUT2D eigenvalue weighted by atomic mass is 16.3. The first kappa shape index (κ1) is 22.1. The van der Waals surface area contributed by atoms with Gasteiger partial charge in [0.1, 0.15) is 33.5 Å². The van der Waals surface area contributed by atoms with Crippen LogP contribution in [-0.2, 0) is 0 Å². The zero-order valence-electron chi connectivity index (χ0n) is 21.6. The smallest absolute Gasteiger partial charge is 0.143 e. The molecule has 0 aliphatic rings. The van der Waals surface area contributed by atoms with E-state index in [1.807, 2.05) is 48.5 Å². The highest BCUT2D eigenvalue weighted by Gasteiger charge is 2.16. The molecule has 4 heteroatoms. The molecule has 0 atom stereocenters. The summed E-state index contributed by atoms with van der Waals surface area (Å²) in [6.07, 6.45) is 0. The van der Waals surface area contributed by atoms with Crippen LogP contribution in [0, 0.1) is 11.3 Å². The van der Waals surface area contributed by atoms with Crippen LogP contribution in [0.2, 0.25) is 0 Å². The Kier molecular flexibility index (Phi) is 4.37. The molecule has 0 saturated carbocycles. The van der Waals surface area contributed by atoms with Gasteiger partial charge in [0.05, 0.1) is 11.6 Å². The summed E-state index contributed by atoms with van der Waals surface area (Å²) in [6, 6.07) is 41.1. The first-order chi connectivity index (χ1) is 20.2. The van der Waals surface area contributed by atoms with Gasteiger partial charge in [0, 0.05) is 37.9 Å². The van der Waals surface area contributed by atoms with Gasteiger partial charge in [-0.15, -0.1) is 0 Å². The van der Waals surface area contributed by atoms with E-state index >= 15 is 0 Å². The van der Waals surface area contributed by atoms with Crippen molar-refractivity contribution in [2.45, 2.75) is 0 Å². The number of para-hydroxylation sites is 2. The van der Waals surface area contributed by atoms with Gasteiger partial charge < -0.3 is 13.3 Å². The van der Waals surface area contributed by atoms with E-state index in [4.69, 9.17) is 13.3 Å². The molecule has 41 heavy (non-hydrogen) atoms. The maximum atomic E-state index is 9.38. The quantitative estimate of drug-likeness (QED) is 0.225. The summed E-state index contributed by atoms with van der Waals surface area (Å²) in [5.74, 6) is 0. The van der Waals surface area contributed by atoms with E-state index < -0.39 is 0 Å². The van der Waals surface area contributed by atoms with Crippen LogP contribution in [0.1, 0.15) is 5.56 Å². The Morgan fingerprint density at radius 3 is 1.71 bits per heavy atom. The average molecular weight is 526 g/mol. The second-order valence-corrected chi connectivity index (χ2v) is 10.4. The van der Waals surface area contributed by atoms with Crippen molar-refractivity contribution in [2.75, 3.05) is 0 Å². The van der Waals surface area contributed by atoms with Crippen LogP contribution in [0.4, 0.5) is 0 Å². The topological polar surface area (TPSA) is 63.2 Å². The minimum absolute atomic E-state index is 0.618. The zero-order valence-corrected chi connectivity index (χ0v) is 21.6. The molecule has 0 N–H and O–H groups in total. The Labute approximate surface area is 233 Å². The number of furan rings is 3. The van der Waals surface area contributed by atoms with E-state index in [1.54, 1.807) is 6.07 Å². The lowest BCUT2D eigenvalue weighted by Crippen LogP contribution is -1.80. The molecule has 0 aliphatic heterocycles. The van der Waals surface area contributed by atoms with E-state index in [0.29, 0.717) is 5.56 Å². The van der Waals surface area contributed by atoms with E-state index in [2.05, 4.69) is 66.7 Å². The van der Waals surface area contributed by atoms with Gasteiger partial charge >= 0.3 is 0 Å². The van der Waals surface area contributed by atoms with Crippen molar-refractivity contribution in [3.05, 3.63) is 121 Å². The number of rotatable bonds is 2. The molecule has 190 valence electrons. The van der Waals surface area contributed by atoms with E-state index in [1.165, 1.54) is 0 Å². The third-order valence-electron chi connectivity index (χ3n) is 8.12. The minimum Gasteiger partial charge on any atom is -0.456 e. The molecular weight excluding hydrogens is 506 g/mol. The Bertz CT molecular complexity index is 2550. The minimum atomic E-state index is 0.618. The number of hydrogen-bond acceptors (Lipinski definition) is 4. The molecule has 9 rings (SSSR count). The normalized spacial score (nSPS) is 11.9. The highest BCUT2D eigenvalue weighted by Crippen LogP contribution is 2.40. The van der Waals surface area contributed by atoms with Crippen molar-refractivity contribution in [2.24, 2.45) is 0 Å². The lowest BCUT2D eigenvalue weighted by Gasteiger charge is -2.03. The first-order valence-electron chi connectivity index (χ1n) is 13.5. The van der Waals surface area contributed by atoms with Crippen molar-refractivity contribution in [3.63, 3.8) is 0 Å². The Balaban J connectivity index is 1.21. The molecule has 3 aromatic heterocycles. The monoisotopic (exact) mass is 525 g/mol. The number of fused-ring (bicyclic) bond motifs is 9. The van der Waals surface area contributed by atoms with Crippen molar-refractivity contribution in [1.29, 1.82) is 5.26 Å². The summed E-state index contributed by atoms with van der Waals surface area (Å²) in [7, 11) is 0. The van der Waals surface area contributed by atoms with Crippen LogP contribution in [0.3, 0.4) is 0 Å². The Morgan fingerprint density at radius 2 is 0.951 bits per heavy atom. The van der Waals surface area contributed by atoms with Crippen molar-refractivity contribution < 1.29 is 13.3 Å². The Morgan fingerprint density at radius 1 is 0.415 bits per heavy atom. The van der Waals surface area contributed by atoms with Gasteiger partial charge in [-0.3, -0.25) is 0 Å². The summed E-state index contributed by atoms with van der Waals surface area (Å²) in [6.45, 7) is 0. The second kappa shape index (κ2) is 8.11. The van der Waals surface area contributed by atoms with Crippen molar-refractivity contribution >= 4 is 65.8 Å². The molecule has 9 aromatic rings. The van der Waals surface area contributed by atoms with Crippen LogP contribution >= 0.6 is 0 Å². The van der Waals surface area contributed by atoms with Crippen LogP contribution in [-0.4, -0.2) is 0 Å². The molecular formula is C37H19NO3. The molecule has 3 heterocycles. The van der Waals surface area contributed by atoms with Crippen LogP contribution < -0.4 is 0 Å². The maximum absolute atomic E-state index is 9.38. The molecule has 0 spiro atoms. The molecule has 0 fully saturated rings. The molecule has 0 amide bonds. The van der Waals surface area contributed by atoms with Crippen molar-refractivity contribution in [1.82, 2.24) is 0 Å². The number of benzene rings is 6. The lowest BCUT2D eigenvalue weighted by molar-refractivity contribution is 0.668. The van der Waals surface area contributed by atoms with Gasteiger partial charge in [0.15, 0.2) is 0 Å². The fourth-order valence-electron chi connectivity index (χ4n) is 6.13. The molecule has 0 saturated heterocycles. The van der Waals surface area contributed by atoms with Gasteiger partial charge in [-0.2, -0.15) is 5.26 Å². The predicted octanol–water partition coefficient (Wildman–Crippen LogP) is 10.6. The maximum Gasteiger partial charge on any atom is 0.143 e. The molecule has 0 radical (unpaired) electrons. The zero-order chi connectivity index (χ0) is 27.1. The standard InChI is InChI=1S/C37H19NO3/c38-20-21-8-12-33-28(16-21)31-18-23(9-13-35(31)40-33)22-10-14-36-30(17-22)27-6-3-5-25(37(27)41-36)24-11-15-34-29(19-24)26-4-1-2-7-32(26)39-34/h1-19H. The van der Waals surface area contributed by atoms with Gasteiger partial charge in [0.25, 0.3) is 0 Å². The number of hydrogen-bond donors (Lipinski definition) is 0. The van der Waals surface area contributed by atoms with Gasteiger partial charge in [-0.1, -0.05) is 54.6 Å². The SMILES string of the molecule is N#Cc1ccc2oc3ccc(-c4ccc5oc6c(-c7ccc8oc9ccccc9c8c7)cccc6c5c4)cc3c2c1. The van der Waals surface area contributed by atoms with Crippen LogP contribution in [0.25, 0.3) is 88.1 Å². The molecule has 0 bridgehead atoms. The second-order valence-electron chi connectivity index (χ2n) is 10.4. The number of nitrogens with zero attached hydrogens (tertiary/aromatic N) is 1. The van der Waals surface area contributed by atoms with Crippen LogP contribution in [0.5, 0.6) is 0 Å². The van der Waals surface area contributed by atoms with Crippen LogP contribution in [0.15, 0.2) is 129 Å². The van der Waals surface area contributed by atoms with Gasteiger partial charge in [-0.05, 0) is 77.4 Å². The largest absolute Gasteiger partial charge is 0.456 e. The lowest BCUT2D eigenvalue weighted by atomic mass is 9.98. The van der Waals surface area contributed by atoms with Gasteiger partial charge in [-0.25, -0.2) is 0 Å². The molecule has 4 nitrogen and oxygen atoms in total. The van der Waals surface area contributed by atoms with Crippen molar-refractivity contribution in [3.8, 4) is 28.3 Å². The van der Waals surface area contributed by atoms with E-state index in [0.717, 1.165) is 88.1 Å². The summed E-state index contributed by atoms with van der Waals surface area (Å²) < 4.78 is 18.6. The van der Waals surface area contributed by atoms with E-state index in [-0.39, 0.29) is 0 Å². The predicted molar refractivity (Wildman–Crippen MR) is 164 cm³/mol. The summed E-state index contributed by atoms with van der Waals surface area (Å²) in [5.41, 5.74) is 9.98. The highest BCUT2D eigenvalue weighted by molar-refractivity contribution is 6.13. The fraction of sp³-hybridized carbons (Fsp3) is 0. The fourth-order valence-corrected chi connectivity index (χ4v) is 6.13. The third-order valence-corrected chi connectivity index (χ3v) is 8.12. The van der Waals surface area contributed by atoms with Gasteiger partial charge in [0.2, 0.25) is 0 Å². The number of nitriles is 1. The summed E-state index contributed by atoms with van der Waals surface area (Å²) in [5, 5.41) is 15.7. The molecule has 6 aromatic carbocycles. The Hall–Kier alpha value is -5.79. The molecule has 0 aliphatic carbocycles. The first-order valence-corrected chi connectivity index (χ1v) is 13.5. The van der Waals surface area contributed by atoms with E-state index in [9.17, 15) is 5.26 Å². The summed E-state index contributed by atoms with van der Waals surface area (Å²) >= 11 is 0. The average Bonchev–Trinajstić information content (AvgIpc) is 3.70.